The molecule has 0 radical (unpaired) electrons. The third-order valence-electron chi connectivity index (χ3n) is 5.14. The summed E-state index contributed by atoms with van der Waals surface area (Å²) in [5, 5.41) is 11.8. The quantitative estimate of drug-likeness (QED) is 0.439. The van der Waals surface area contributed by atoms with Crippen LogP contribution in [0, 0.1) is 5.41 Å². The summed E-state index contributed by atoms with van der Waals surface area (Å²) in [6.07, 6.45) is 0.631. The Labute approximate surface area is 199 Å². The van der Waals surface area contributed by atoms with Crippen LogP contribution in [0.3, 0.4) is 0 Å². The number of aromatic nitrogens is 1. The molecule has 0 aliphatic carbocycles. The second kappa shape index (κ2) is 10.9. The maximum absolute atomic E-state index is 13.2. The molecule has 33 heavy (non-hydrogen) atoms. The third kappa shape index (κ3) is 6.96. The lowest BCUT2D eigenvalue weighted by Crippen LogP contribution is -2.38. The van der Waals surface area contributed by atoms with E-state index in [0.717, 1.165) is 11.3 Å². The predicted molar refractivity (Wildman–Crippen MR) is 133 cm³/mol. The van der Waals surface area contributed by atoms with Crippen LogP contribution in [-0.2, 0) is 31.1 Å². The van der Waals surface area contributed by atoms with Gasteiger partial charge in [0.1, 0.15) is 6.04 Å². The molecule has 8 nitrogen and oxygen atoms in total. The summed E-state index contributed by atoms with van der Waals surface area (Å²) >= 11 is 1.29. The van der Waals surface area contributed by atoms with Crippen molar-refractivity contribution in [3.63, 3.8) is 0 Å². The third-order valence-corrected chi connectivity index (χ3v) is 7.96. The molecule has 1 aromatic carbocycles. The molecule has 2 aromatic rings. The van der Waals surface area contributed by atoms with E-state index in [1.807, 2.05) is 35.3 Å². The van der Waals surface area contributed by atoms with Gasteiger partial charge in [0.2, 0.25) is 0 Å². The van der Waals surface area contributed by atoms with Gasteiger partial charge in [-0.1, -0.05) is 51.1 Å². The Balaban J connectivity index is 1.71. The first-order chi connectivity index (χ1) is 15.6. The van der Waals surface area contributed by atoms with E-state index in [9.17, 15) is 9.36 Å². The maximum atomic E-state index is 13.2. The second-order valence-corrected chi connectivity index (χ2v) is 11.8. The molecule has 1 aromatic heterocycles. The number of thiazole rings is 1. The number of rotatable bonds is 10. The van der Waals surface area contributed by atoms with Crippen LogP contribution in [0.5, 0.6) is 0 Å². The lowest BCUT2D eigenvalue weighted by atomic mass is 9.87. The van der Waals surface area contributed by atoms with Crippen LogP contribution >= 0.6 is 18.9 Å². The van der Waals surface area contributed by atoms with Crippen molar-refractivity contribution in [1.29, 1.82) is 0 Å². The summed E-state index contributed by atoms with van der Waals surface area (Å²) in [6, 6.07) is 9.57. The van der Waals surface area contributed by atoms with Crippen LogP contribution in [-0.4, -0.2) is 40.9 Å². The second-order valence-electron chi connectivity index (χ2n) is 8.84. The van der Waals surface area contributed by atoms with Gasteiger partial charge in [-0.2, -0.15) is 5.10 Å². The standard InChI is InChI=1S/C23H33N4O4PS/c1-6-30-32(29,31-7-2)15-18-16-33-22(24-18)25-21(28)19-13-20(23(3,4)5)26-27(19)14-17-11-9-8-10-12-17/h8-12,16,19H,6-7,13-15H2,1-5H3,(H,24,25,28). The number of carbonyl (C=O) groups excluding carboxylic acids is 1. The van der Waals surface area contributed by atoms with Gasteiger partial charge in [-0.15, -0.1) is 11.3 Å². The number of hydrogen-bond acceptors (Lipinski definition) is 8. The summed E-state index contributed by atoms with van der Waals surface area (Å²) in [4.78, 5) is 17.7. The van der Waals surface area contributed by atoms with Gasteiger partial charge < -0.3 is 14.4 Å². The number of hydrogen-bond donors (Lipinski definition) is 1. The van der Waals surface area contributed by atoms with Gasteiger partial charge in [0, 0.05) is 22.9 Å². The molecule has 3 rings (SSSR count). The van der Waals surface area contributed by atoms with Crippen LogP contribution < -0.4 is 5.32 Å². The van der Waals surface area contributed by atoms with E-state index in [2.05, 4.69) is 31.1 Å². The van der Waals surface area contributed by atoms with E-state index in [-0.39, 0.29) is 17.5 Å². The van der Waals surface area contributed by atoms with Gasteiger partial charge in [-0.05, 0) is 19.4 Å². The molecule has 2 heterocycles. The van der Waals surface area contributed by atoms with E-state index in [0.29, 0.717) is 37.0 Å². The van der Waals surface area contributed by atoms with Crippen LogP contribution in [0.4, 0.5) is 5.13 Å². The largest absolute Gasteiger partial charge is 0.336 e. The highest BCUT2D eigenvalue weighted by atomic mass is 32.1. The first kappa shape index (κ1) is 25.6. The molecular formula is C23H33N4O4PS. The van der Waals surface area contributed by atoms with Gasteiger partial charge in [0.05, 0.1) is 31.6 Å². The van der Waals surface area contributed by atoms with E-state index < -0.39 is 13.6 Å². The summed E-state index contributed by atoms with van der Waals surface area (Å²) in [6.45, 7) is 11.0. The molecule has 0 saturated carbocycles. The molecule has 1 unspecified atom stereocenters. The van der Waals surface area contributed by atoms with Gasteiger partial charge in [-0.25, -0.2) is 4.98 Å². The smallest absolute Gasteiger partial charge is 0.309 e. The molecule has 0 fully saturated rings. The first-order valence-electron chi connectivity index (χ1n) is 11.2. The first-order valence-corrected chi connectivity index (χ1v) is 13.8. The molecular weight excluding hydrogens is 459 g/mol. The number of hydrazone groups is 1. The van der Waals surface area contributed by atoms with E-state index in [1.165, 1.54) is 11.3 Å². The number of amides is 1. The Morgan fingerprint density at radius 2 is 1.88 bits per heavy atom. The van der Waals surface area contributed by atoms with Crippen molar-refractivity contribution >= 4 is 35.7 Å². The SMILES string of the molecule is CCOP(=O)(Cc1csc(NC(=O)C2CC(C(C)(C)C)=NN2Cc2ccccc2)n1)OCC. The van der Waals surface area contributed by atoms with Crippen molar-refractivity contribution in [1.82, 2.24) is 9.99 Å². The van der Waals surface area contributed by atoms with Crippen molar-refractivity contribution in [2.75, 3.05) is 18.5 Å². The predicted octanol–water partition coefficient (Wildman–Crippen LogP) is 5.52. The molecule has 1 aliphatic rings. The minimum absolute atomic E-state index is 0.0713. The highest BCUT2D eigenvalue weighted by Crippen LogP contribution is 2.51. The number of carbonyl (C=O) groups is 1. The molecule has 180 valence electrons. The average Bonchev–Trinajstić information content (AvgIpc) is 3.35. The highest BCUT2D eigenvalue weighted by molar-refractivity contribution is 7.53. The van der Waals surface area contributed by atoms with Gasteiger partial charge in [0.25, 0.3) is 5.91 Å². The van der Waals surface area contributed by atoms with Crippen molar-refractivity contribution in [3.8, 4) is 0 Å². The summed E-state index contributed by atoms with van der Waals surface area (Å²) in [5.41, 5.74) is 2.53. The fourth-order valence-electron chi connectivity index (χ4n) is 3.50. The fourth-order valence-corrected chi connectivity index (χ4v) is 5.94. The maximum Gasteiger partial charge on any atom is 0.336 e. The Hall–Kier alpha value is -2.06. The molecule has 1 atom stereocenters. The molecule has 0 bridgehead atoms. The minimum atomic E-state index is -3.25. The average molecular weight is 493 g/mol. The van der Waals surface area contributed by atoms with Crippen molar-refractivity contribution in [2.24, 2.45) is 10.5 Å². The van der Waals surface area contributed by atoms with E-state index in [4.69, 9.17) is 14.1 Å². The Morgan fingerprint density at radius 1 is 1.21 bits per heavy atom. The zero-order valence-corrected chi connectivity index (χ0v) is 21.6. The normalized spacial score (nSPS) is 16.7. The monoisotopic (exact) mass is 492 g/mol. The van der Waals surface area contributed by atoms with Crippen molar-refractivity contribution in [2.45, 2.75) is 59.8 Å². The zero-order chi connectivity index (χ0) is 24.1. The Bertz CT molecular complexity index is 1010. The Kier molecular flexibility index (Phi) is 8.45. The lowest BCUT2D eigenvalue weighted by molar-refractivity contribution is -0.120. The summed E-state index contributed by atoms with van der Waals surface area (Å²) in [7, 11) is -3.25. The minimum Gasteiger partial charge on any atom is -0.309 e. The topological polar surface area (TPSA) is 93.1 Å². The zero-order valence-electron chi connectivity index (χ0n) is 19.9. The molecule has 0 spiro atoms. The van der Waals surface area contributed by atoms with E-state index >= 15 is 0 Å². The lowest BCUT2D eigenvalue weighted by Gasteiger charge is -2.22. The van der Waals surface area contributed by atoms with Crippen LogP contribution in [0.15, 0.2) is 40.8 Å². The molecule has 0 saturated heterocycles. The molecule has 1 amide bonds. The van der Waals surface area contributed by atoms with Gasteiger partial charge in [0.15, 0.2) is 5.13 Å². The van der Waals surface area contributed by atoms with Gasteiger partial charge in [-0.3, -0.25) is 14.4 Å². The van der Waals surface area contributed by atoms with Gasteiger partial charge >= 0.3 is 7.60 Å². The molecule has 1 aliphatic heterocycles. The Morgan fingerprint density at radius 3 is 2.48 bits per heavy atom. The number of nitrogens with zero attached hydrogens (tertiary/aromatic N) is 3. The fraction of sp³-hybridized carbons (Fsp3) is 0.522. The van der Waals surface area contributed by atoms with Crippen LogP contribution in [0.25, 0.3) is 0 Å². The van der Waals surface area contributed by atoms with Crippen LogP contribution in [0.2, 0.25) is 0 Å². The number of benzene rings is 1. The number of nitrogens with one attached hydrogen (secondary N) is 1. The van der Waals surface area contributed by atoms with Crippen molar-refractivity contribution in [3.05, 3.63) is 47.0 Å². The summed E-state index contributed by atoms with van der Waals surface area (Å²) in [5.74, 6) is -0.160. The van der Waals surface area contributed by atoms with E-state index in [1.54, 1.807) is 19.2 Å². The van der Waals surface area contributed by atoms with Crippen LogP contribution in [0.1, 0.15) is 52.3 Å². The molecule has 10 heteroatoms. The molecule has 1 N–H and O–H groups in total. The van der Waals surface area contributed by atoms with Crippen molar-refractivity contribution < 1.29 is 18.4 Å². The highest BCUT2D eigenvalue weighted by Gasteiger charge is 2.37. The number of anilines is 1. The summed E-state index contributed by atoms with van der Waals surface area (Å²) < 4.78 is 23.5.